The van der Waals surface area contributed by atoms with Gasteiger partial charge in [-0.2, -0.15) is 9.97 Å². The smallest absolute Gasteiger partial charge is 0.327 e. The van der Waals surface area contributed by atoms with Crippen molar-refractivity contribution in [2.75, 3.05) is 25.4 Å². The number of rotatable bonds is 11. The van der Waals surface area contributed by atoms with Crippen LogP contribution in [0.25, 0.3) is 11.2 Å². The number of aryl methyl sites for hydroxylation is 1. The Morgan fingerprint density at radius 2 is 2.07 bits per heavy atom. The second-order valence-corrected chi connectivity index (χ2v) is 8.88. The molecule has 3 rings (SSSR count). The number of aromatic nitrogens is 4. The van der Waals surface area contributed by atoms with E-state index in [1.165, 1.54) is 38.8 Å². The highest BCUT2D eigenvalue weighted by atomic mass is 16.5. The van der Waals surface area contributed by atoms with Gasteiger partial charge in [0.25, 0.3) is 0 Å². The third-order valence-corrected chi connectivity index (χ3v) is 6.02. The lowest BCUT2D eigenvalue weighted by Crippen LogP contribution is -2.40. The van der Waals surface area contributed by atoms with Crippen molar-refractivity contribution in [3.63, 3.8) is 0 Å². The normalized spacial score (nSPS) is 17.8. The maximum atomic E-state index is 12.5. The molecule has 0 spiro atoms. The van der Waals surface area contributed by atoms with Gasteiger partial charge in [-0.05, 0) is 57.5 Å². The number of nitrogen functional groups attached to an aromatic ring is 1. The molecule has 0 radical (unpaired) electrons. The van der Waals surface area contributed by atoms with Gasteiger partial charge in [-0.1, -0.05) is 33.6 Å². The van der Waals surface area contributed by atoms with Crippen LogP contribution >= 0.6 is 0 Å². The first-order chi connectivity index (χ1) is 14.5. The van der Waals surface area contributed by atoms with E-state index in [1.54, 1.807) is 4.57 Å². The van der Waals surface area contributed by atoms with Crippen molar-refractivity contribution in [3.05, 3.63) is 10.5 Å². The van der Waals surface area contributed by atoms with Crippen molar-refractivity contribution in [1.82, 2.24) is 24.4 Å². The Balaban J connectivity index is 1.66. The predicted molar refractivity (Wildman–Crippen MR) is 121 cm³/mol. The first kappa shape index (κ1) is 22.6. The van der Waals surface area contributed by atoms with E-state index >= 15 is 0 Å². The monoisotopic (exact) mass is 418 g/mol. The first-order valence-corrected chi connectivity index (χ1v) is 11.6. The van der Waals surface area contributed by atoms with Crippen LogP contribution in [-0.4, -0.2) is 50.2 Å². The highest BCUT2D eigenvalue weighted by Crippen LogP contribution is 2.23. The molecule has 1 aliphatic rings. The number of ether oxygens (including phenoxy) is 1. The molecule has 8 heteroatoms. The van der Waals surface area contributed by atoms with Crippen molar-refractivity contribution in [1.29, 1.82) is 0 Å². The van der Waals surface area contributed by atoms with Crippen LogP contribution < -0.4 is 16.2 Å². The fourth-order valence-corrected chi connectivity index (χ4v) is 4.20. The number of aromatic amines is 1. The van der Waals surface area contributed by atoms with Gasteiger partial charge in [-0.3, -0.25) is 4.57 Å². The number of H-pyrrole nitrogens is 1. The molecule has 1 aliphatic heterocycles. The van der Waals surface area contributed by atoms with Crippen LogP contribution in [0.15, 0.2) is 4.79 Å². The molecule has 3 N–H and O–H groups in total. The minimum absolute atomic E-state index is 0.183. The number of nitrogens with two attached hydrogens (primary N) is 1. The average molecular weight is 419 g/mol. The van der Waals surface area contributed by atoms with E-state index < -0.39 is 0 Å². The average Bonchev–Trinajstić information content (AvgIpc) is 3.03. The molecule has 30 heavy (non-hydrogen) atoms. The van der Waals surface area contributed by atoms with Gasteiger partial charge in [-0.25, -0.2) is 4.79 Å². The van der Waals surface area contributed by atoms with Gasteiger partial charge in [0.05, 0.1) is 6.61 Å². The molecule has 2 aromatic rings. The number of anilines is 1. The van der Waals surface area contributed by atoms with E-state index in [0.29, 0.717) is 30.4 Å². The van der Waals surface area contributed by atoms with Gasteiger partial charge in [0.1, 0.15) is 5.52 Å². The Kier molecular flexibility index (Phi) is 8.13. The Labute approximate surface area is 179 Å². The fraction of sp³-hybridized carbons (Fsp3) is 0.773. The van der Waals surface area contributed by atoms with E-state index in [2.05, 4.69) is 40.6 Å². The summed E-state index contributed by atoms with van der Waals surface area (Å²) >= 11 is 0. The van der Waals surface area contributed by atoms with Crippen molar-refractivity contribution in [2.24, 2.45) is 5.92 Å². The van der Waals surface area contributed by atoms with Gasteiger partial charge in [-0.15, -0.1) is 0 Å². The number of hydrogen-bond acceptors (Lipinski definition) is 6. The van der Waals surface area contributed by atoms with E-state index in [4.69, 9.17) is 10.5 Å². The van der Waals surface area contributed by atoms with E-state index in [1.807, 2.05) is 0 Å². The lowest BCUT2D eigenvalue weighted by molar-refractivity contribution is 0.130. The summed E-state index contributed by atoms with van der Waals surface area (Å²) in [6.07, 6.45) is 9.09. The summed E-state index contributed by atoms with van der Waals surface area (Å²) in [6, 6.07) is 0.861. The standard InChI is InChI=1S/C22H38N6O2/c1-4-5-15-30-21-25-19(23)18-20(26-21)28(22(29)24-18)13-8-10-17-9-6-7-12-27(17)14-11-16(2)3/h16-17H,4-15H2,1-3H3,(H,24,29)(H2,23,25,26). The number of hydrogen-bond donors (Lipinski definition) is 2. The van der Waals surface area contributed by atoms with Crippen LogP contribution in [0.4, 0.5) is 5.82 Å². The zero-order valence-electron chi connectivity index (χ0n) is 18.8. The number of nitrogens with one attached hydrogen (secondary N) is 1. The van der Waals surface area contributed by atoms with Gasteiger partial charge >= 0.3 is 11.7 Å². The van der Waals surface area contributed by atoms with Crippen molar-refractivity contribution in [3.8, 4) is 6.01 Å². The van der Waals surface area contributed by atoms with E-state index in [-0.39, 0.29) is 17.5 Å². The number of piperidine rings is 1. The summed E-state index contributed by atoms with van der Waals surface area (Å²) in [5.74, 6) is 0.991. The van der Waals surface area contributed by atoms with Crippen molar-refractivity contribution < 1.29 is 4.74 Å². The summed E-state index contributed by atoms with van der Waals surface area (Å²) < 4.78 is 7.30. The molecule has 1 fully saturated rings. The molecule has 0 saturated carbocycles. The molecule has 1 atom stereocenters. The number of nitrogens with zero attached hydrogens (tertiary/aromatic N) is 4. The maximum Gasteiger partial charge on any atom is 0.327 e. The van der Waals surface area contributed by atoms with Crippen LogP contribution in [0.2, 0.25) is 0 Å². The molecular formula is C22H38N6O2. The molecule has 168 valence electrons. The Morgan fingerprint density at radius 3 is 2.83 bits per heavy atom. The lowest BCUT2D eigenvalue weighted by Gasteiger charge is -2.36. The first-order valence-electron chi connectivity index (χ1n) is 11.6. The summed E-state index contributed by atoms with van der Waals surface area (Å²) in [5.41, 5.74) is 6.90. The van der Waals surface area contributed by atoms with Gasteiger partial charge in [0, 0.05) is 12.6 Å². The maximum absolute atomic E-state index is 12.5. The largest absolute Gasteiger partial charge is 0.463 e. The topological polar surface area (TPSA) is 102 Å². The zero-order valence-corrected chi connectivity index (χ0v) is 18.8. The van der Waals surface area contributed by atoms with Crippen molar-refractivity contribution >= 4 is 17.0 Å². The fourth-order valence-electron chi connectivity index (χ4n) is 4.20. The molecular weight excluding hydrogens is 380 g/mol. The molecule has 0 bridgehead atoms. The van der Waals surface area contributed by atoms with Gasteiger partial charge < -0.3 is 20.4 Å². The molecule has 0 aromatic carbocycles. The predicted octanol–water partition coefficient (Wildman–Crippen LogP) is 3.56. The summed E-state index contributed by atoms with van der Waals surface area (Å²) in [7, 11) is 0. The molecule has 0 aliphatic carbocycles. The molecule has 3 heterocycles. The molecule has 2 aromatic heterocycles. The van der Waals surface area contributed by atoms with Crippen LogP contribution in [0.5, 0.6) is 6.01 Å². The minimum atomic E-state index is -0.183. The summed E-state index contributed by atoms with van der Waals surface area (Å²) in [4.78, 5) is 26.6. The second kappa shape index (κ2) is 10.8. The zero-order chi connectivity index (χ0) is 21.5. The van der Waals surface area contributed by atoms with E-state index in [9.17, 15) is 4.79 Å². The highest BCUT2D eigenvalue weighted by molar-refractivity contribution is 5.81. The quantitative estimate of drug-likeness (QED) is 0.541. The van der Waals surface area contributed by atoms with Gasteiger partial charge in [0.15, 0.2) is 11.5 Å². The molecule has 8 nitrogen and oxygen atoms in total. The summed E-state index contributed by atoms with van der Waals surface area (Å²) in [5, 5.41) is 0. The van der Waals surface area contributed by atoms with Crippen LogP contribution in [0, 0.1) is 5.92 Å². The van der Waals surface area contributed by atoms with Crippen molar-refractivity contribution in [2.45, 2.75) is 84.7 Å². The summed E-state index contributed by atoms with van der Waals surface area (Å²) in [6.45, 7) is 10.2. The Bertz CT molecular complexity index is 859. The van der Waals surface area contributed by atoms with Crippen LogP contribution in [-0.2, 0) is 6.54 Å². The molecule has 1 unspecified atom stereocenters. The van der Waals surface area contributed by atoms with E-state index in [0.717, 1.165) is 31.6 Å². The SMILES string of the molecule is CCCCOc1nc(N)c2[nH]c(=O)n(CCCC3CCCCN3CCC(C)C)c2n1. The minimum Gasteiger partial charge on any atom is -0.463 e. The highest BCUT2D eigenvalue weighted by Gasteiger charge is 2.22. The lowest BCUT2D eigenvalue weighted by atomic mass is 9.97. The molecule has 0 amide bonds. The second-order valence-electron chi connectivity index (χ2n) is 8.88. The number of unbranched alkanes of at least 4 members (excludes halogenated alkanes) is 1. The third-order valence-electron chi connectivity index (χ3n) is 6.02. The van der Waals surface area contributed by atoms with Gasteiger partial charge in [0.2, 0.25) is 0 Å². The van der Waals surface area contributed by atoms with Crippen LogP contribution in [0.3, 0.4) is 0 Å². The number of likely N-dealkylation sites (tertiary alicyclic amines) is 1. The Morgan fingerprint density at radius 1 is 1.23 bits per heavy atom. The Hall–Kier alpha value is -2.09. The molecule has 1 saturated heterocycles. The third kappa shape index (κ3) is 5.74. The number of imidazole rings is 1. The number of fused-ring (bicyclic) bond motifs is 1. The van der Waals surface area contributed by atoms with Crippen LogP contribution in [0.1, 0.15) is 72.1 Å².